The van der Waals surface area contributed by atoms with Gasteiger partial charge in [-0.3, -0.25) is 24.2 Å². The molecule has 3 amide bonds. The number of fused-ring (bicyclic) bond motifs is 5. The highest BCUT2D eigenvalue weighted by Gasteiger charge is 2.35. The number of rotatable bonds is 4. The second kappa shape index (κ2) is 13.4. The van der Waals surface area contributed by atoms with Crippen LogP contribution in [0.2, 0.25) is 0 Å². The van der Waals surface area contributed by atoms with Crippen LogP contribution >= 0.6 is 0 Å². The number of H-pyrrole nitrogens is 1. The van der Waals surface area contributed by atoms with E-state index in [1.165, 1.54) is 23.0 Å². The molecule has 1 saturated heterocycles. The summed E-state index contributed by atoms with van der Waals surface area (Å²) in [6.07, 6.45) is 0.964. The van der Waals surface area contributed by atoms with Crippen molar-refractivity contribution in [1.29, 1.82) is 0 Å². The first kappa shape index (κ1) is 31.5. The van der Waals surface area contributed by atoms with Crippen molar-refractivity contribution in [1.82, 2.24) is 24.7 Å². The van der Waals surface area contributed by atoms with Crippen LogP contribution in [0.3, 0.4) is 0 Å². The van der Waals surface area contributed by atoms with Crippen molar-refractivity contribution < 1.29 is 28.6 Å². The van der Waals surface area contributed by atoms with Crippen LogP contribution in [-0.4, -0.2) is 81.5 Å². The van der Waals surface area contributed by atoms with Gasteiger partial charge in [0.1, 0.15) is 22.8 Å². The van der Waals surface area contributed by atoms with Gasteiger partial charge in [0.25, 0.3) is 17.4 Å². The van der Waals surface area contributed by atoms with E-state index in [-0.39, 0.29) is 50.4 Å². The molecular weight excluding hydrogens is 582 g/mol. The Morgan fingerprint density at radius 1 is 1.09 bits per heavy atom. The lowest BCUT2D eigenvalue weighted by Crippen LogP contribution is -2.58. The minimum Gasteiger partial charge on any atom is -0.491 e. The van der Waals surface area contributed by atoms with Crippen molar-refractivity contribution in [2.24, 2.45) is 7.05 Å². The Morgan fingerprint density at radius 2 is 1.89 bits per heavy atom. The number of amides is 3. The molecule has 0 radical (unpaired) electrons. The number of ether oxygens (including phenoxy) is 3. The fourth-order valence-corrected chi connectivity index (χ4v) is 5.41. The van der Waals surface area contributed by atoms with Crippen molar-refractivity contribution in [3.63, 3.8) is 0 Å². The zero-order valence-corrected chi connectivity index (χ0v) is 25.7. The van der Waals surface area contributed by atoms with E-state index in [4.69, 9.17) is 14.2 Å². The molecule has 0 saturated carbocycles. The van der Waals surface area contributed by atoms with E-state index >= 15 is 0 Å². The molecule has 0 spiro atoms. The first-order chi connectivity index (χ1) is 21.5. The largest absolute Gasteiger partial charge is 0.491 e. The molecule has 45 heavy (non-hydrogen) atoms. The van der Waals surface area contributed by atoms with Gasteiger partial charge in [0.2, 0.25) is 5.91 Å². The van der Waals surface area contributed by atoms with Crippen molar-refractivity contribution in [3.05, 3.63) is 86.2 Å². The number of carbonyl (C=O) groups is 3. The molecule has 3 heterocycles. The van der Waals surface area contributed by atoms with Crippen molar-refractivity contribution in [2.45, 2.75) is 52.0 Å². The summed E-state index contributed by atoms with van der Waals surface area (Å²) in [6, 6.07) is 11.7. The van der Waals surface area contributed by atoms with E-state index in [2.05, 4.69) is 10.3 Å². The van der Waals surface area contributed by atoms with Gasteiger partial charge in [-0.05, 0) is 57.0 Å². The number of hydrogen-bond acceptors (Lipinski definition) is 8. The summed E-state index contributed by atoms with van der Waals surface area (Å²) in [5.74, 6) is 0.0354. The Morgan fingerprint density at radius 3 is 2.64 bits per heavy atom. The van der Waals surface area contributed by atoms with E-state index in [0.717, 1.165) is 10.1 Å². The third kappa shape index (κ3) is 7.43. The van der Waals surface area contributed by atoms with Gasteiger partial charge in [0.05, 0.1) is 31.4 Å². The molecule has 13 nitrogen and oxygen atoms in total. The molecule has 2 N–H and O–H groups in total. The van der Waals surface area contributed by atoms with E-state index in [9.17, 15) is 24.0 Å². The number of nitrogens with one attached hydrogen (secondary N) is 2. The summed E-state index contributed by atoms with van der Waals surface area (Å²) in [5, 5.41) is 2.97. The molecule has 3 aromatic rings. The fourth-order valence-electron chi connectivity index (χ4n) is 5.41. The highest BCUT2D eigenvalue weighted by atomic mass is 16.5. The quantitative estimate of drug-likeness (QED) is 0.450. The van der Waals surface area contributed by atoms with Gasteiger partial charge in [-0.15, -0.1) is 0 Å². The molecule has 238 valence electrons. The van der Waals surface area contributed by atoms with Crippen LogP contribution in [-0.2, 0) is 23.2 Å². The maximum absolute atomic E-state index is 13.7. The number of piperidine rings is 1. The van der Waals surface area contributed by atoms with Crippen LogP contribution in [0.4, 0.5) is 0 Å². The highest BCUT2D eigenvalue weighted by molar-refractivity contribution is 5.97. The average molecular weight is 620 g/mol. The second-order valence-corrected chi connectivity index (χ2v) is 11.4. The third-order valence-corrected chi connectivity index (χ3v) is 7.62. The molecule has 13 heteroatoms. The van der Waals surface area contributed by atoms with Crippen molar-refractivity contribution in [2.75, 3.05) is 26.2 Å². The maximum atomic E-state index is 13.7. The highest BCUT2D eigenvalue weighted by Crippen LogP contribution is 2.30. The summed E-state index contributed by atoms with van der Waals surface area (Å²) in [5.41, 5.74) is -0.470. The smallest absolute Gasteiger partial charge is 0.328 e. The van der Waals surface area contributed by atoms with Crippen LogP contribution in [0.5, 0.6) is 17.2 Å². The van der Waals surface area contributed by atoms with Gasteiger partial charge in [-0.2, -0.15) is 0 Å². The number of aromatic nitrogens is 2. The second-order valence-electron chi connectivity index (χ2n) is 11.4. The maximum Gasteiger partial charge on any atom is 0.328 e. The number of carbonyl (C=O) groups excluding carboxylic acids is 3. The van der Waals surface area contributed by atoms with Crippen molar-refractivity contribution >= 4 is 17.7 Å². The van der Waals surface area contributed by atoms with E-state index in [1.54, 1.807) is 31.2 Å². The Labute approximate surface area is 259 Å². The summed E-state index contributed by atoms with van der Waals surface area (Å²) in [4.78, 5) is 69.7. The average Bonchev–Trinajstić information content (AvgIpc) is 2.99. The predicted octanol–water partition coefficient (Wildman–Crippen LogP) is 2.04. The number of benzene rings is 2. The van der Waals surface area contributed by atoms with Crippen LogP contribution in [0.1, 0.15) is 53.5 Å². The van der Waals surface area contributed by atoms with Crippen molar-refractivity contribution in [3.8, 4) is 17.2 Å². The molecule has 2 atom stereocenters. The van der Waals surface area contributed by atoms with Gasteiger partial charge >= 0.3 is 5.69 Å². The minimum absolute atomic E-state index is 0.0543. The van der Waals surface area contributed by atoms with Crippen LogP contribution in [0, 0.1) is 0 Å². The van der Waals surface area contributed by atoms with Gasteiger partial charge in [0, 0.05) is 44.5 Å². The van der Waals surface area contributed by atoms with Crippen LogP contribution in [0.15, 0.2) is 58.3 Å². The fraction of sp³-hybridized carbons (Fsp3) is 0.406. The Kier molecular flexibility index (Phi) is 9.37. The molecule has 2 aliphatic heterocycles. The molecule has 4 bridgehead atoms. The predicted molar refractivity (Wildman–Crippen MR) is 164 cm³/mol. The topological polar surface area (TPSA) is 152 Å². The third-order valence-electron chi connectivity index (χ3n) is 7.62. The SMILES string of the molecule is CCN1CC(=O)N[C@H]2CN(C(=O)c3cn(C)c(=O)[nH]c3=O)CC[C@@H]2OCc2cccc(c2)Oc2cc(OC(C)C)cc(c2)C1=O. The van der Waals surface area contributed by atoms with Gasteiger partial charge < -0.3 is 33.9 Å². The molecule has 0 unspecified atom stereocenters. The molecule has 1 aromatic heterocycles. The number of aromatic amines is 1. The number of hydrogen-bond donors (Lipinski definition) is 2. The van der Waals surface area contributed by atoms with E-state index < -0.39 is 35.2 Å². The molecule has 2 aromatic carbocycles. The molecule has 2 aliphatic rings. The number of likely N-dealkylation sites (N-methyl/N-ethyl adjacent to an activating group) is 1. The summed E-state index contributed by atoms with van der Waals surface area (Å²) >= 11 is 0. The number of nitrogens with zero attached hydrogens (tertiary/aromatic N) is 3. The number of likely N-dealkylation sites (tertiary alicyclic amines) is 1. The molecule has 0 aliphatic carbocycles. The summed E-state index contributed by atoms with van der Waals surface area (Å²) < 4.78 is 19.5. The van der Waals surface area contributed by atoms with E-state index in [1.807, 2.05) is 32.0 Å². The summed E-state index contributed by atoms with van der Waals surface area (Å²) in [7, 11) is 1.44. The first-order valence-corrected chi connectivity index (χ1v) is 14.9. The minimum atomic E-state index is -0.784. The Bertz CT molecular complexity index is 1710. The van der Waals surface area contributed by atoms with Crippen LogP contribution in [0.25, 0.3) is 0 Å². The zero-order chi connectivity index (χ0) is 32.2. The standard InChI is InChI=1S/C32H37N5O8/c1-5-36-17-28(38)33-26-16-37(31(41)25-15-35(4)32(42)34-29(25)39)10-9-27(26)43-18-20-7-6-8-22(11-20)45-24-13-21(30(36)40)12-23(14-24)44-19(2)3/h6-8,11-15,19,26-27H,5,9-10,16-18H2,1-4H3,(H,33,38)(H,34,39,42)/t26-,27-/m0/s1. The molecule has 5 rings (SSSR count). The van der Waals surface area contributed by atoms with Gasteiger partial charge in [-0.25, -0.2) is 4.79 Å². The molecule has 1 fully saturated rings. The van der Waals surface area contributed by atoms with E-state index in [0.29, 0.717) is 29.2 Å². The normalized spacial score (nSPS) is 19.0. The Hall–Kier alpha value is -4.91. The monoisotopic (exact) mass is 619 g/mol. The summed E-state index contributed by atoms with van der Waals surface area (Å²) in [6.45, 7) is 6.08. The van der Waals surface area contributed by atoms with Crippen LogP contribution < -0.4 is 26.0 Å². The molecular formula is C32H37N5O8. The van der Waals surface area contributed by atoms with Gasteiger partial charge in [0.15, 0.2) is 0 Å². The number of aryl methyl sites for hydroxylation is 1. The lowest BCUT2D eigenvalue weighted by Gasteiger charge is -2.39. The zero-order valence-electron chi connectivity index (χ0n) is 25.7. The lowest BCUT2D eigenvalue weighted by molar-refractivity contribution is -0.124. The van der Waals surface area contributed by atoms with Gasteiger partial charge in [-0.1, -0.05) is 12.1 Å². The lowest BCUT2D eigenvalue weighted by atomic mass is 10.0. The first-order valence-electron chi connectivity index (χ1n) is 14.9. The Balaban J connectivity index is 1.45.